The Hall–Kier alpha value is -1.64. The molecule has 1 aromatic heterocycles. The normalized spacial score (nSPS) is 13.1. The first-order valence-corrected chi connectivity index (χ1v) is 4.92. The van der Waals surface area contributed by atoms with Gasteiger partial charge in [-0.05, 0) is 51.5 Å². The van der Waals surface area contributed by atoms with E-state index in [0.29, 0.717) is 0 Å². The Balaban J connectivity index is 3.03. The first-order chi connectivity index (χ1) is 6.97. The highest BCUT2D eigenvalue weighted by Crippen LogP contribution is 2.12. The average Bonchev–Trinajstić information content (AvgIpc) is 1.98. The third-order valence-electron chi connectivity index (χ3n) is 1.81. The van der Waals surface area contributed by atoms with E-state index in [9.17, 15) is 0 Å². The third-order valence-corrected chi connectivity index (χ3v) is 1.81. The lowest BCUT2D eigenvalue weighted by molar-refractivity contribution is 1.16. The molecule has 0 aliphatic carbocycles. The molecule has 1 aromatic rings. The van der Waals surface area contributed by atoms with Crippen molar-refractivity contribution in [2.24, 2.45) is 10.7 Å². The molecule has 1 heterocycles. The number of pyridine rings is 1. The van der Waals surface area contributed by atoms with E-state index in [0.717, 1.165) is 22.9 Å². The minimum Gasteiger partial charge on any atom is -0.402 e. The van der Waals surface area contributed by atoms with Crippen molar-refractivity contribution in [3.8, 4) is 0 Å². The summed E-state index contributed by atoms with van der Waals surface area (Å²) in [6.45, 7) is 7.75. The van der Waals surface area contributed by atoms with Gasteiger partial charge in [-0.1, -0.05) is 0 Å². The van der Waals surface area contributed by atoms with Gasteiger partial charge in [-0.15, -0.1) is 0 Å². The first kappa shape index (κ1) is 11.4. The Labute approximate surface area is 90.8 Å². The van der Waals surface area contributed by atoms with E-state index in [4.69, 9.17) is 5.73 Å². The number of aryl methyl sites for hydroxylation is 2. The van der Waals surface area contributed by atoms with Crippen molar-refractivity contribution in [2.45, 2.75) is 27.7 Å². The van der Waals surface area contributed by atoms with Crippen LogP contribution < -0.4 is 5.73 Å². The second-order valence-corrected chi connectivity index (χ2v) is 3.79. The van der Waals surface area contributed by atoms with Gasteiger partial charge >= 0.3 is 0 Å². The van der Waals surface area contributed by atoms with Gasteiger partial charge in [0.2, 0.25) is 0 Å². The fourth-order valence-electron chi connectivity index (χ4n) is 1.42. The molecule has 0 radical (unpaired) electrons. The molecule has 15 heavy (non-hydrogen) atoms. The molecule has 0 bridgehead atoms. The molecule has 0 saturated carbocycles. The molecule has 0 saturated heterocycles. The summed E-state index contributed by atoms with van der Waals surface area (Å²) in [6, 6.07) is 3.98. The van der Waals surface area contributed by atoms with Crippen molar-refractivity contribution in [1.82, 2.24) is 4.98 Å². The second-order valence-electron chi connectivity index (χ2n) is 3.79. The molecule has 2 N–H and O–H groups in total. The van der Waals surface area contributed by atoms with Crippen molar-refractivity contribution in [3.05, 3.63) is 35.2 Å². The van der Waals surface area contributed by atoms with E-state index in [2.05, 4.69) is 9.98 Å². The van der Waals surface area contributed by atoms with Gasteiger partial charge in [-0.25, -0.2) is 9.98 Å². The average molecular weight is 203 g/mol. The van der Waals surface area contributed by atoms with Crippen LogP contribution in [-0.2, 0) is 0 Å². The lowest BCUT2D eigenvalue weighted by atomic mass is 10.2. The van der Waals surface area contributed by atoms with Crippen molar-refractivity contribution in [3.63, 3.8) is 0 Å². The van der Waals surface area contributed by atoms with Crippen LogP contribution >= 0.6 is 0 Å². The Bertz CT molecular complexity index is 393. The van der Waals surface area contributed by atoms with Gasteiger partial charge in [0.15, 0.2) is 5.82 Å². The van der Waals surface area contributed by atoms with Gasteiger partial charge in [-0.3, -0.25) is 0 Å². The summed E-state index contributed by atoms with van der Waals surface area (Å²) in [6.07, 6.45) is 1.83. The summed E-state index contributed by atoms with van der Waals surface area (Å²) in [7, 11) is 0. The molecular formula is C12H17N3. The van der Waals surface area contributed by atoms with Gasteiger partial charge in [0.25, 0.3) is 0 Å². The zero-order valence-corrected chi connectivity index (χ0v) is 9.70. The van der Waals surface area contributed by atoms with Crippen LogP contribution in [0.5, 0.6) is 0 Å². The monoisotopic (exact) mass is 203 g/mol. The molecule has 1 rings (SSSR count). The highest BCUT2D eigenvalue weighted by molar-refractivity contribution is 5.94. The minimum atomic E-state index is 0.738. The predicted octanol–water partition coefficient (Wildman–Crippen LogP) is 2.65. The summed E-state index contributed by atoms with van der Waals surface area (Å²) >= 11 is 0. The molecule has 0 atom stereocenters. The Morgan fingerprint density at radius 3 is 2.53 bits per heavy atom. The fraction of sp³-hybridized carbons (Fsp3) is 0.333. The largest absolute Gasteiger partial charge is 0.402 e. The smallest absolute Gasteiger partial charge is 0.152 e. The standard InChI is InChI=1S/C12H17N3/c1-8-5-10(3)14-12(6-8)15-11(4)7-9(2)13/h5-7H,13H2,1-4H3. The maximum Gasteiger partial charge on any atom is 0.152 e. The number of nitrogens with two attached hydrogens (primary N) is 1. The van der Waals surface area contributed by atoms with E-state index in [1.54, 1.807) is 0 Å². The molecule has 0 amide bonds. The first-order valence-electron chi connectivity index (χ1n) is 4.92. The molecule has 80 valence electrons. The number of hydrogen-bond acceptors (Lipinski definition) is 3. The topological polar surface area (TPSA) is 51.3 Å². The molecule has 0 unspecified atom stereocenters. The van der Waals surface area contributed by atoms with Gasteiger partial charge in [-0.2, -0.15) is 0 Å². The number of nitrogens with zero attached hydrogens (tertiary/aromatic N) is 2. The Kier molecular flexibility index (Phi) is 3.61. The SMILES string of the molecule is CC(N)=CC(C)=Nc1cc(C)cc(C)n1. The predicted molar refractivity (Wildman–Crippen MR) is 64.4 cm³/mol. The number of aromatic nitrogens is 1. The van der Waals surface area contributed by atoms with Crippen LogP contribution in [0.15, 0.2) is 28.9 Å². The van der Waals surface area contributed by atoms with E-state index in [1.165, 1.54) is 5.56 Å². The van der Waals surface area contributed by atoms with E-state index < -0.39 is 0 Å². The number of aliphatic imine (C=N–C) groups is 1. The van der Waals surface area contributed by atoms with Crippen molar-refractivity contribution < 1.29 is 0 Å². The van der Waals surface area contributed by atoms with Gasteiger partial charge in [0.05, 0.1) is 0 Å². The van der Waals surface area contributed by atoms with Crippen LogP contribution in [0.3, 0.4) is 0 Å². The van der Waals surface area contributed by atoms with E-state index in [1.807, 2.05) is 45.9 Å². The summed E-state index contributed by atoms with van der Waals surface area (Å²) in [5.74, 6) is 0.738. The van der Waals surface area contributed by atoms with Crippen LogP contribution in [0.4, 0.5) is 5.82 Å². The number of hydrogen-bond donors (Lipinski definition) is 1. The Morgan fingerprint density at radius 1 is 1.33 bits per heavy atom. The molecule has 0 spiro atoms. The lowest BCUT2D eigenvalue weighted by Gasteiger charge is -2.00. The minimum absolute atomic E-state index is 0.738. The van der Waals surface area contributed by atoms with Gasteiger partial charge in [0, 0.05) is 17.1 Å². The number of rotatable bonds is 2. The second kappa shape index (κ2) is 4.73. The zero-order chi connectivity index (χ0) is 11.4. The summed E-state index contributed by atoms with van der Waals surface area (Å²) < 4.78 is 0. The maximum absolute atomic E-state index is 5.57. The van der Waals surface area contributed by atoms with Crippen LogP contribution in [0, 0.1) is 13.8 Å². The highest BCUT2D eigenvalue weighted by atomic mass is 14.9. The van der Waals surface area contributed by atoms with Crippen LogP contribution in [0.25, 0.3) is 0 Å². The summed E-state index contributed by atoms with van der Waals surface area (Å²) in [5, 5.41) is 0. The van der Waals surface area contributed by atoms with Crippen LogP contribution in [0.2, 0.25) is 0 Å². The molecular weight excluding hydrogens is 186 g/mol. The summed E-state index contributed by atoms with van der Waals surface area (Å²) in [4.78, 5) is 8.69. The van der Waals surface area contributed by atoms with Crippen LogP contribution in [-0.4, -0.2) is 10.7 Å². The number of allylic oxidation sites excluding steroid dienone is 2. The highest BCUT2D eigenvalue weighted by Gasteiger charge is 1.95. The molecule has 0 aliphatic rings. The molecule has 0 fully saturated rings. The molecule has 0 aliphatic heterocycles. The third kappa shape index (κ3) is 3.94. The summed E-state index contributed by atoms with van der Waals surface area (Å²) in [5.41, 5.74) is 9.34. The molecule has 3 nitrogen and oxygen atoms in total. The van der Waals surface area contributed by atoms with Crippen molar-refractivity contribution in [2.75, 3.05) is 0 Å². The molecule has 0 aromatic carbocycles. The lowest BCUT2D eigenvalue weighted by Crippen LogP contribution is -1.95. The molecule has 3 heteroatoms. The van der Waals surface area contributed by atoms with Crippen molar-refractivity contribution >= 4 is 11.5 Å². The fourth-order valence-corrected chi connectivity index (χ4v) is 1.42. The Morgan fingerprint density at radius 2 is 2.00 bits per heavy atom. The zero-order valence-electron chi connectivity index (χ0n) is 9.70. The van der Waals surface area contributed by atoms with E-state index in [-0.39, 0.29) is 0 Å². The van der Waals surface area contributed by atoms with Crippen molar-refractivity contribution in [1.29, 1.82) is 0 Å². The van der Waals surface area contributed by atoms with Gasteiger partial charge in [0.1, 0.15) is 0 Å². The maximum atomic E-state index is 5.57. The quantitative estimate of drug-likeness (QED) is 0.751. The van der Waals surface area contributed by atoms with E-state index >= 15 is 0 Å². The van der Waals surface area contributed by atoms with Gasteiger partial charge < -0.3 is 5.73 Å². The van der Waals surface area contributed by atoms with Crippen LogP contribution in [0.1, 0.15) is 25.1 Å².